The first-order valence-electron chi connectivity index (χ1n) is 7.97. The smallest absolute Gasteiger partial charge is 0.276 e. The lowest BCUT2D eigenvalue weighted by Crippen LogP contribution is -2.19. The van der Waals surface area contributed by atoms with Crippen molar-refractivity contribution in [2.24, 2.45) is 5.73 Å². The van der Waals surface area contributed by atoms with E-state index in [1.807, 2.05) is 49.6 Å². The Kier molecular flexibility index (Phi) is 4.04. The molecule has 128 valence electrons. The number of fused-ring (bicyclic) bond motifs is 1. The normalized spacial score (nSPS) is 11.5. The molecule has 0 saturated heterocycles. The van der Waals surface area contributed by atoms with Crippen LogP contribution in [0.25, 0.3) is 5.52 Å². The van der Waals surface area contributed by atoms with E-state index >= 15 is 0 Å². The number of anilines is 1. The van der Waals surface area contributed by atoms with Crippen molar-refractivity contribution in [3.05, 3.63) is 65.7 Å². The number of primary amides is 1. The van der Waals surface area contributed by atoms with E-state index in [1.54, 1.807) is 24.3 Å². The first kappa shape index (κ1) is 16.7. The molecule has 0 spiro atoms. The average molecular weight is 336 g/mol. The van der Waals surface area contributed by atoms with Crippen molar-refractivity contribution in [1.29, 1.82) is 0 Å². The van der Waals surface area contributed by atoms with E-state index in [0.717, 1.165) is 5.82 Å². The summed E-state index contributed by atoms with van der Waals surface area (Å²) < 4.78 is 1.91. The number of aromatic nitrogens is 2. The zero-order valence-electron chi connectivity index (χ0n) is 14.4. The number of nitrogens with one attached hydrogen (secondary N) is 1. The summed E-state index contributed by atoms with van der Waals surface area (Å²) >= 11 is 0. The monoisotopic (exact) mass is 336 g/mol. The lowest BCUT2D eigenvalue weighted by Gasteiger charge is -2.16. The number of rotatable bonds is 3. The van der Waals surface area contributed by atoms with Crippen molar-refractivity contribution in [2.45, 2.75) is 26.2 Å². The van der Waals surface area contributed by atoms with Gasteiger partial charge in [-0.3, -0.25) is 9.59 Å². The number of pyridine rings is 1. The lowest BCUT2D eigenvalue weighted by molar-refractivity contribution is 0.100. The lowest BCUT2D eigenvalue weighted by atomic mass is 9.96. The van der Waals surface area contributed by atoms with Crippen LogP contribution in [-0.2, 0) is 5.41 Å². The van der Waals surface area contributed by atoms with Crippen LogP contribution in [0.5, 0.6) is 0 Å². The van der Waals surface area contributed by atoms with E-state index in [1.165, 1.54) is 0 Å². The minimum Gasteiger partial charge on any atom is -0.366 e. The molecule has 25 heavy (non-hydrogen) atoms. The number of nitrogens with zero attached hydrogens (tertiary/aromatic N) is 2. The molecule has 2 amide bonds. The molecule has 0 fully saturated rings. The Balaban J connectivity index is 2.06. The molecule has 0 saturated carbocycles. The quantitative estimate of drug-likeness (QED) is 0.770. The number of para-hydroxylation sites is 1. The Morgan fingerprint density at radius 3 is 2.44 bits per heavy atom. The highest BCUT2D eigenvalue weighted by atomic mass is 16.2. The van der Waals surface area contributed by atoms with Crippen LogP contribution in [0.2, 0.25) is 0 Å². The Morgan fingerprint density at radius 2 is 1.76 bits per heavy atom. The molecule has 1 aromatic carbocycles. The van der Waals surface area contributed by atoms with E-state index in [9.17, 15) is 9.59 Å². The minimum absolute atomic E-state index is 0.228. The second-order valence-corrected chi connectivity index (χ2v) is 6.85. The van der Waals surface area contributed by atoms with Gasteiger partial charge < -0.3 is 15.5 Å². The van der Waals surface area contributed by atoms with Crippen LogP contribution in [0.3, 0.4) is 0 Å². The molecule has 0 unspecified atom stereocenters. The summed E-state index contributed by atoms with van der Waals surface area (Å²) in [5.74, 6) is -0.190. The molecule has 2 aromatic heterocycles. The third kappa shape index (κ3) is 3.10. The molecule has 0 radical (unpaired) electrons. The number of benzene rings is 1. The molecule has 3 rings (SSSR count). The summed E-state index contributed by atoms with van der Waals surface area (Å²) in [7, 11) is 0. The van der Waals surface area contributed by atoms with E-state index in [2.05, 4.69) is 10.3 Å². The molecular formula is C19H20N4O2. The Morgan fingerprint density at radius 1 is 1.08 bits per heavy atom. The summed E-state index contributed by atoms with van der Waals surface area (Å²) in [5, 5.41) is 2.75. The van der Waals surface area contributed by atoms with Gasteiger partial charge in [-0.05, 0) is 24.3 Å². The van der Waals surface area contributed by atoms with Gasteiger partial charge in [0, 0.05) is 11.6 Å². The maximum absolute atomic E-state index is 12.8. The zero-order chi connectivity index (χ0) is 18.2. The molecule has 0 aliphatic carbocycles. The topological polar surface area (TPSA) is 89.5 Å². The number of carbonyl (C=O) groups excluding carboxylic acids is 2. The highest BCUT2D eigenvalue weighted by Crippen LogP contribution is 2.25. The maximum atomic E-state index is 12.8. The third-order valence-corrected chi connectivity index (χ3v) is 3.88. The summed E-state index contributed by atoms with van der Waals surface area (Å²) in [6, 6.07) is 12.2. The number of imidazole rings is 1. The van der Waals surface area contributed by atoms with Gasteiger partial charge in [0.05, 0.1) is 16.8 Å². The third-order valence-electron chi connectivity index (χ3n) is 3.88. The van der Waals surface area contributed by atoms with Crippen molar-refractivity contribution >= 4 is 23.0 Å². The maximum Gasteiger partial charge on any atom is 0.276 e. The van der Waals surface area contributed by atoms with Gasteiger partial charge in [-0.2, -0.15) is 0 Å². The number of amides is 2. The van der Waals surface area contributed by atoms with Crippen molar-refractivity contribution in [1.82, 2.24) is 9.38 Å². The average Bonchev–Trinajstić information content (AvgIpc) is 2.95. The fourth-order valence-electron chi connectivity index (χ4n) is 2.72. The van der Waals surface area contributed by atoms with Crippen molar-refractivity contribution in [2.75, 3.05) is 5.32 Å². The van der Waals surface area contributed by atoms with Gasteiger partial charge in [0.1, 0.15) is 5.82 Å². The van der Waals surface area contributed by atoms with Crippen LogP contribution in [0.1, 0.15) is 47.4 Å². The molecule has 3 aromatic rings. The SMILES string of the molecule is CC(C)(C)c1nc(C(=O)Nc2ccccc2C(N)=O)c2ccccn12. The van der Waals surface area contributed by atoms with Crippen LogP contribution >= 0.6 is 0 Å². The predicted molar refractivity (Wildman–Crippen MR) is 96.8 cm³/mol. The van der Waals surface area contributed by atoms with Crippen LogP contribution in [0, 0.1) is 0 Å². The summed E-state index contributed by atoms with van der Waals surface area (Å²) in [4.78, 5) is 28.9. The Bertz CT molecular complexity index is 967. The first-order chi connectivity index (χ1) is 11.8. The molecule has 0 aliphatic rings. The summed E-state index contributed by atoms with van der Waals surface area (Å²) in [6.45, 7) is 6.12. The number of carbonyl (C=O) groups is 2. The van der Waals surface area contributed by atoms with Crippen molar-refractivity contribution < 1.29 is 9.59 Å². The molecule has 3 N–H and O–H groups in total. The molecular weight excluding hydrogens is 316 g/mol. The second-order valence-electron chi connectivity index (χ2n) is 6.85. The molecule has 0 bridgehead atoms. The van der Waals surface area contributed by atoms with E-state index in [4.69, 9.17) is 5.73 Å². The predicted octanol–water partition coefficient (Wildman–Crippen LogP) is 2.98. The minimum atomic E-state index is -0.596. The van der Waals surface area contributed by atoms with Gasteiger partial charge in [-0.15, -0.1) is 0 Å². The summed E-state index contributed by atoms with van der Waals surface area (Å²) in [5.41, 5.74) is 6.79. The zero-order valence-corrected chi connectivity index (χ0v) is 14.4. The van der Waals surface area contributed by atoms with E-state index < -0.39 is 5.91 Å². The summed E-state index contributed by atoms with van der Waals surface area (Å²) in [6.07, 6.45) is 1.89. The first-order valence-corrected chi connectivity index (χ1v) is 7.97. The number of hydrogen-bond donors (Lipinski definition) is 2. The van der Waals surface area contributed by atoms with Crippen LogP contribution in [0.15, 0.2) is 48.7 Å². The van der Waals surface area contributed by atoms with E-state index in [0.29, 0.717) is 16.9 Å². The van der Waals surface area contributed by atoms with Crippen LogP contribution < -0.4 is 11.1 Å². The largest absolute Gasteiger partial charge is 0.366 e. The second kappa shape index (κ2) is 6.05. The van der Waals surface area contributed by atoms with Gasteiger partial charge in [0.15, 0.2) is 5.69 Å². The molecule has 2 heterocycles. The van der Waals surface area contributed by atoms with Crippen molar-refractivity contribution in [3.63, 3.8) is 0 Å². The van der Waals surface area contributed by atoms with Gasteiger partial charge >= 0.3 is 0 Å². The van der Waals surface area contributed by atoms with Crippen LogP contribution in [-0.4, -0.2) is 21.2 Å². The molecule has 0 aliphatic heterocycles. The standard InChI is InChI=1S/C19H20N4O2/c1-19(2,3)18-22-15(14-10-6-7-11-23(14)18)17(25)21-13-9-5-4-8-12(13)16(20)24/h4-11H,1-3H3,(H2,20,24)(H,21,25). The highest BCUT2D eigenvalue weighted by Gasteiger charge is 2.25. The van der Waals surface area contributed by atoms with Crippen LogP contribution in [0.4, 0.5) is 5.69 Å². The number of nitrogens with two attached hydrogens (primary N) is 1. The van der Waals surface area contributed by atoms with Gasteiger partial charge in [-0.1, -0.05) is 39.0 Å². The molecule has 6 heteroatoms. The van der Waals surface area contributed by atoms with Gasteiger partial charge in [0.2, 0.25) is 0 Å². The number of hydrogen-bond acceptors (Lipinski definition) is 3. The molecule has 0 atom stereocenters. The molecule has 6 nitrogen and oxygen atoms in total. The Labute approximate surface area is 145 Å². The van der Waals surface area contributed by atoms with Gasteiger partial charge in [-0.25, -0.2) is 4.98 Å². The highest BCUT2D eigenvalue weighted by molar-refractivity contribution is 6.10. The van der Waals surface area contributed by atoms with E-state index in [-0.39, 0.29) is 16.9 Å². The Hall–Kier alpha value is -3.15. The van der Waals surface area contributed by atoms with Gasteiger partial charge in [0.25, 0.3) is 11.8 Å². The fraction of sp³-hybridized carbons (Fsp3) is 0.211. The van der Waals surface area contributed by atoms with Crippen molar-refractivity contribution in [3.8, 4) is 0 Å². The fourth-order valence-corrected chi connectivity index (χ4v) is 2.72.